The van der Waals surface area contributed by atoms with Crippen molar-refractivity contribution >= 4 is 17.5 Å². The molecular formula is C15H21ClN2O2. The molecule has 0 spiro atoms. The third-order valence-electron chi connectivity index (χ3n) is 3.52. The fraction of sp³-hybridized carbons (Fsp3) is 0.533. The summed E-state index contributed by atoms with van der Waals surface area (Å²) in [6, 6.07) is 7.70. The molecule has 5 heteroatoms. The highest BCUT2D eigenvalue weighted by molar-refractivity contribution is 6.30. The second-order valence-electron chi connectivity index (χ2n) is 5.11. The normalized spacial score (nSPS) is 22.3. The van der Waals surface area contributed by atoms with Crippen molar-refractivity contribution in [2.45, 2.75) is 38.3 Å². The Labute approximate surface area is 124 Å². The highest BCUT2D eigenvalue weighted by Gasteiger charge is 2.21. The van der Waals surface area contributed by atoms with Crippen LogP contribution < -0.4 is 15.4 Å². The van der Waals surface area contributed by atoms with Gasteiger partial charge < -0.3 is 15.4 Å². The van der Waals surface area contributed by atoms with Crippen molar-refractivity contribution in [3.63, 3.8) is 0 Å². The quantitative estimate of drug-likeness (QED) is 0.877. The van der Waals surface area contributed by atoms with Crippen molar-refractivity contribution in [1.29, 1.82) is 0 Å². The molecule has 2 rings (SSSR count). The summed E-state index contributed by atoms with van der Waals surface area (Å²) in [4.78, 5) is 11.9. The molecule has 4 nitrogen and oxygen atoms in total. The lowest BCUT2D eigenvalue weighted by Crippen LogP contribution is -2.52. The lowest BCUT2D eigenvalue weighted by Gasteiger charge is -2.30. The third kappa shape index (κ3) is 4.69. The van der Waals surface area contributed by atoms with E-state index in [4.69, 9.17) is 16.3 Å². The molecule has 0 aromatic heterocycles. The van der Waals surface area contributed by atoms with Crippen LogP contribution in [0.4, 0.5) is 0 Å². The molecule has 0 aliphatic carbocycles. The molecule has 1 aromatic carbocycles. The number of halogens is 1. The largest absolute Gasteiger partial charge is 0.493 e. The number of benzene rings is 1. The van der Waals surface area contributed by atoms with Gasteiger partial charge in [0.25, 0.3) is 0 Å². The van der Waals surface area contributed by atoms with Crippen molar-refractivity contribution in [1.82, 2.24) is 10.6 Å². The number of carbonyl (C=O) groups is 1. The fourth-order valence-corrected chi connectivity index (χ4v) is 2.44. The van der Waals surface area contributed by atoms with Gasteiger partial charge in [-0.2, -0.15) is 0 Å². The molecule has 0 bridgehead atoms. The monoisotopic (exact) mass is 296 g/mol. The molecule has 2 unspecified atom stereocenters. The first-order valence-corrected chi connectivity index (χ1v) is 7.44. The van der Waals surface area contributed by atoms with Crippen molar-refractivity contribution in [3.05, 3.63) is 29.3 Å². The lowest BCUT2D eigenvalue weighted by atomic mass is 10.00. The Morgan fingerprint density at radius 3 is 2.90 bits per heavy atom. The van der Waals surface area contributed by atoms with Gasteiger partial charge in [-0.25, -0.2) is 0 Å². The first-order chi connectivity index (χ1) is 9.65. The van der Waals surface area contributed by atoms with Gasteiger partial charge in [0.2, 0.25) is 5.91 Å². The molecule has 0 saturated carbocycles. The Bertz CT molecular complexity index is 436. The van der Waals surface area contributed by atoms with Crippen LogP contribution in [0.25, 0.3) is 0 Å². The van der Waals surface area contributed by atoms with Gasteiger partial charge in [-0.05, 0) is 50.6 Å². The van der Waals surface area contributed by atoms with E-state index in [1.165, 1.54) is 0 Å². The van der Waals surface area contributed by atoms with Gasteiger partial charge in [0, 0.05) is 17.1 Å². The van der Waals surface area contributed by atoms with Crippen LogP contribution in [-0.2, 0) is 4.79 Å². The summed E-state index contributed by atoms with van der Waals surface area (Å²) in [6.07, 6.45) is 2.51. The molecule has 2 N–H and O–H groups in total. The summed E-state index contributed by atoms with van der Waals surface area (Å²) in [5, 5.41) is 7.10. The molecule has 1 aliphatic heterocycles. The fourth-order valence-electron chi connectivity index (χ4n) is 2.31. The molecule has 1 aromatic rings. The lowest BCUT2D eigenvalue weighted by molar-refractivity contribution is -0.122. The Kier molecular flexibility index (Phi) is 5.68. The SMILES string of the molecule is CC1NCCCC1NC(=O)CCOc1ccc(Cl)cc1. The number of nitrogens with one attached hydrogen (secondary N) is 2. The van der Waals surface area contributed by atoms with E-state index in [1.54, 1.807) is 24.3 Å². The zero-order chi connectivity index (χ0) is 14.4. The highest BCUT2D eigenvalue weighted by atomic mass is 35.5. The van der Waals surface area contributed by atoms with Crippen LogP contribution in [0.3, 0.4) is 0 Å². The number of ether oxygens (including phenoxy) is 1. The zero-order valence-corrected chi connectivity index (χ0v) is 12.5. The van der Waals surface area contributed by atoms with E-state index in [1.807, 2.05) is 0 Å². The summed E-state index contributed by atoms with van der Waals surface area (Å²) < 4.78 is 5.51. The predicted molar refractivity (Wildman–Crippen MR) is 80.2 cm³/mol. The molecule has 0 radical (unpaired) electrons. The van der Waals surface area contributed by atoms with E-state index >= 15 is 0 Å². The number of amides is 1. The van der Waals surface area contributed by atoms with Gasteiger partial charge in [0.05, 0.1) is 13.0 Å². The topological polar surface area (TPSA) is 50.4 Å². The predicted octanol–water partition coefficient (Wildman–Crippen LogP) is 2.37. The smallest absolute Gasteiger partial charge is 0.223 e. The molecule has 1 amide bonds. The van der Waals surface area contributed by atoms with Gasteiger partial charge in [0.15, 0.2) is 0 Å². The number of piperidine rings is 1. The van der Waals surface area contributed by atoms with E-state index in [0.717, 1.165) is 25.1 Å². The summed E-state index contributed by atoms with van der Waals surface area (Å²) >= 11 is 5.79. The van der Waals surface area contributed by atoms with Crippen LogP contribution in [0.5, 0.6) is 5.75 Å². The average molecular weight is 297 g/mol. The minimum absolute atomic E-state index is 0.0412. The maximum absolute atomic E-state index is 11.9. The van der Waals surface area contributed by atoms with Crippen LogP contribution >= 0.6 is 11.6 Å². The number of carbonyl (C=O) groups excluding carboxylic acids is 1. The molecule has 20 heavy (non-hydrogen) atoms. The maximum Gasteiger partial charge on any atom is 0.223 e. The molecule has 2 atom stereocenters. The highest BCUT2D eigenvalue weighted by Crippen LogP contribution is 2.15. The van der Waals surface area contributed by atoms with E-state index in [0.29, 0.717) is 24.1 Å². The average Bonchev–Trinajstić information content (AvgIpc) is 2.44. The van der Waals surface area contributed by atoms with Gasteiger partial charge in [0.1, 0.15) is 5.75 Å². The minimum Gasteiger partial charge on any atom is -0.493 e. The van der Waals surface area contributed by atoms with Crippen molar-refractivity contribution < 1.29 is 9.53 Å². The van der Waals surface area contributed by atoms with Crippen LogP contribution in [0.2, 0.25) is 5.02 Å². The zero-order valence-electron chi connectivity index (χ0n) is 11.7. The second kappa shape index (κ2) is 7.50. The Hall–Kier alpha value is -1.26. The molecule has 1 saturated heterocycles. The first-order valence-electron chi connectivity index (χ1n) is 7.06. The van der Waals surface area contributed by atoms with Crippen molar-refractivity contribution in [3.8, 4) is 5.75 Å². The molecule has 1 aliphatic rings. The van der Waals surface area contributed by atoms with Crippen LogP contribution in [0, 0.1) is 0 Å². The van der Waals surface area contributed by atoms with Gasteiger partial charge >= 0.3 is 0 Å². The maximum atomic E-state index is 11.9. The van der Waals surface area contributed by atoms with Crippen molar-refractivity contribution in [2.75, 3.05) is 13.2 Å². The standard InChI is InChI=1S/C15H21ClN2O2/c1-11-14(3-2-9-17-11)18-15(19)8-10-20-13-6-4-12(16)5-7-13/h4-7,11,14,17H,2-3,8-10H2,1H3,(H,18,19). The summed E-state index contributed by atoms with van der Waals surface area (Å²) in [6.45, 7) is 3.52. The Morgan fingerprint density at radius 1 is 1.45 bits per heavy atom. The van der Waals surface area contributed by atoms with Gasteiger partial charge in [-0.15, -0.1) is 0 Å². The van der Waals surface area contributed by atoms with Crippen molar-refractivity contribution in [2.24, 2.45) is 0 Å². The molecule has 1 fully saturated rings. The number of hydrogen-bond donors (Lipinski definition) is 2. The Morgan fingerprint density at radius 2 is 2.20 bits per heavy atom. The first kappa shape index (κ1) is 15.1. The van der Waals surface area contributed by atoms with E-state index in [9.17, 15) is 4.79 Å². The third-order valence-corrected chi connectivity index (χ3v) is 3.77. The molecule has 1 heterocycles. The van der Waals surface area contributed by atoms with Gasteiger partial charge in [-0.1, -0.05) is 11.6 Å². The Balaban J connectivity index is 1.68. The number of hydrogen-bond acceptors (Lipinski definition) is 3. The second-order valence-corrected chi connectivity index (χ2v) is 5.55. The molecule has 110 valence electrons. The summed E-state index contributed by atoms with van der Waals surface area (Å²) in [5.41, 5.74) is 0. The van der Waals surface area contributed by atoms with E-state index in [2.05, 4.69) is 17.6 Å². The van der Waals surface area contributed by atoms with Crippen LogP contribution in [0.1, 0.15) is 26.2 Å². The summed E-state index contributed by atoms with van der Waals surface area (Å²) in [7, 11) is 0. The van der Waals surface area contributed by atoms with E-state index in [-0.39, 0.29) is 11.9 Å². The van der Waals surface area contributed by atoms with Gasteiger partial charge in [-0.3, -0.25) is 4.79 Å². The molecular weight excluding hydrogens is 276 g/mol. The summed E-state index contributed by atoms with van der Waals surface area (Å²) in [5.74, 6) is 0.773. The minimum atomic E-state index is 0.0412. The van der Waals surface area contributed by atoms with Crippen LogP contribution in [0.15, 0.2) is 24.3 Å². The number of rotatable bonds is 5. The van der Waals surface area contributed by atoms with E-state index < -0.39 is 0 Å². The van der Waals surface area contributed by atoms with Crippen LogP contribution in [-0.4, -0.2) is 31.1 Å².